The van der Waals surface area contributed by atoms with Crippen LogP contribution in [-0.2, 0) is 24.6 Å². The van der Waals surface area contributed by atoms with Crippen molar-refractivity contribution in [2.45, 2.75) is 19.8 Å². The smallest absolute Gasteiger partial charge is 0.0733 e. The molecule has 33 heavy (non-hydrogen) atoms. The van der Waals surface area contributed by atoms with Gasteiger partial charge in [0.1, 0.15) is 0 Å². The van der Waals surface area contributed by atoms with Gasteiger partial charge in [0.2, 0.25) is 0 Å². The van der Waals surface area contributed by atoms with Crippen molar-refractivity contribution < 1.29 is 9.84 Å². The molecular weight excluding hydrogens is 404 g/mol. The van der Waals surface area contributed by atoms with Crippen LogP contribution in [0.5, 0.6) is 0 Å². The molecule has 2 nitrogen and oxygen atoms in total. The van der Waals surface area contributed by atoms with Gasteiger partial charge in [-0.3, -0.25) is 0 Å². The molecule has 0 aromatic heterocycles. The Morgan fingerprint density at radius 1 is 0.455 bits per heavy atom. The lowest BCUT2D eigenvalue weighted by atomic mass is 9.92. The van der Waals surface area contributed by atoms with Crippen LogP contribution >= 0.6 is 0 Å². The molecule has 0 aliphatic carbocycles. The Hall–Kier alpha value is -3.72. The van der Waals surface area contributed by atoms with Gasteiger partial charge in [-0.2, -0.15) is 0 Å². The van der Waals surface area contributed by atoms with Crippen molar-refractivity contribution in [2.24, 2.45) is 0 Å². The molecule has 1 N–H and O–H groups in total. The fourth-order valence-corrected chi connectivity index (χ4v) is 5.15. The summed E-state index contributed by atoms with van der Waals surface area (Å²) in [7, 11) is 0. The van der Waals surface area contributed by atoms with E-state index in [1.165, 1.54) is 32.7 Å². The molecule has 0 heterocycles. The van der Waals surface area contributed by atoms with Crippen LogP contribution in [0, 0.1) is 0 Å². The van der Waals surface area contributed by atoms with Crippen molar-refractivity contribution >= 4 is 43.1 Å². The zero-order chi connectivity index (χ0) is 22.2. The third-order valence-electron chi connectivity index (χ3n) is 6.69. The van der Waals surface area contributed by atoms with E-state index in [2.05, 4.69) is 91.0 Å². The molecule has 0 radical (unpaired) electrons. The summed E-state index contributed by atoms with van der Waals surface area (Å²) in [6.45, 7) is 1.06. The summed E-state index contributed by atoms with van der Waals surface area (Å²) < 4.78 is 6.45. The number of ether oxygens (including phenoxy) is 1. The molecule has 6 aromatic rings. The molecule has 0 bridgehead atoms. The van der Waals surface area contributed by atoms with Gasteiger partial charge in [-0.25, -0.2) is 0 Å². The van der Waals surface area contributed by atoms with Crippen LogP contribution in [0.2, 0.25) is 0 Å². The zero-order valence-electron chi connectivity index (χ0n) is 18.3. The third kappa shape index (κ3) is 3.36. The van der Waals surface area contributed by atoms with E-state index in [1.807, 2.05) is 12.1 Å². The molecule has 0 unspecified atom stereocenters. The minimum atomic E-state index is 0.0180. The fourth-order valence-electron chi connectivity index (χ4n) is 5.15. The number of aliphatic hydroxyl groups is 1. The summed E-state index contributed by atoms with van der Waals surface area (Å²) >= 11 is 0. The Morgan fingerprint density at radius 2 is 0.818 bits per heavy atom. The Morgan fingerprint density at radius 3 is 1.27 bits per heavy atom. The highest BCUT2D eigenvalue weighted by atomic mass is 16.5. The van der Waals surface area contributed by atoms with Crippen LogP contribution in [0.25, 0.3) is 43.1 Å². The van der Waals surface area contributed by atoms with E-state index in [9.17, 15) is 5.11 Å². The van der Waals surface area contributed by atoms with Gasteiger partial charge >= 0.3 is 0 Å². The van der Waals surface area contributed by atoms with Crippen molar-refractivity contribution in [3.8, 4) is 0 Å². The highest BCUT2D eigenvalue weighted by Crippen LogP contribution is 2.34. The highest BCUT2D eigenvalue weighted by Gasteiger charge is 2.14. The maximum absolute atomic E-state index is 10.1. The van der Waals surface area contributed by atoms with Crippen LogP contribution in [-0.4, -0.2) is 5.11 Å². The average Bonchev–Trinajstić information content (AvgIpc) is 2.88. The predicted molar refractivity (Wildman–Crippen MR) is 137 cm³/mol. The van der Waals surface area contributed by atoms with Crippen molar-refractivity contribution in [3.05, 3.63) is 120 Å². The molecule has 2 heteroatoms. The molecule has 0 amide bonds. The summed E-state index contributed by atoms with van der Waals surface area (Å²) in [4.78, 5) is 0. The molecule has 6 rings (SSSR count). The van der Waals surface area contributed by atoms with E-state index in [0.29, 0.717) is 13.2 Å². The Balaban J connectivity index is 1.45. The lowest BCUT2D eigenvalue weighted by Crippen LogP contribution is -2.00. The summed E-state index contributed by atoms with van der Waals surface area (Å²) in [6.07, 6.45) is 0. The Kier molecular flexibility index (Phi) is 5.03. The zero-order valence-corrected chi connectivity index (χ0v) is 18.3. The highest BCUT2D eigenvalue weighted by molar-refractivity contribution is 6.06. The maximum Gasteiger partial charge on any atom is 0.0733 e. The van der Waals surface area contributed by atoms with Crippen molar-refractivity contribution in [3.63, 3.8) is 0 Å². The second-order valence-corrected chi connectivity index (χ2v) is 8.50. The van der Waals surface area contributed by atoms with E-state index in [-0.39, 0.29) is 6.61 Å². The predicted octanol–water partition coefficient (Wildman–Crippen LogP) is 7.51. The lowest BCUT2D eigenvalue weighted by molar-refractivity contribution is 0.110. The first-order valence-electron chi connectivity index (χ1n) is 11.3. The van der Waals surface area contributed by atoms with Crippen LogP contribution in [0.15, 0.2) is 103 Å². The van der Waals surface area contributed by atoms with E-state index < -0.39 is 0 Å². The van der Waals surface area contributed by atoms with Crippen LogP contribution < -0.4 is 0 Å². The van der Waals surface area contributed by atoms with E-state index in [0.717, 1.165) is 27.1 Å². The number of rotatable bonds is 5. The second kappa shape index (κ2) is 8.32. The molecule has 0 aliphatic heterocycles. The first-order chi connectivity index (χ1) is 16.3. The standard InChI is InChI=1S/C31H24O2/c32-18-29-25-13-5-7-15-27(25)31(28-16-8-6-14-26(28)29)20-33-19-30-23-11-3-1-9-21(23)17-22-10-2-4-12-24(22)30/h1-17,32H,18-20H2. The van der Waals surface area contributed by atoms with Gasteiger partial charge in [0, 0.05) is 0 Å². The molecule has 0 saturated carbocycles. The van der Waals surface area contributed by atoms with Gasteiger partial charge in [-0.15, -0.1) is 0 Å². The summed E-state index contributed by atoms with van der Waals surface area (Å²) in [5.74, 6) is 0. The molecule has 160 valence electrons. The van der Waals surface area contributed by atoms with Crippen molar-refractivity contribution in [1.82, 2.24) is 0 Å². The maximum atomic E-state index is 10.1. The number of fused-ring (bicyclic) bond motifs is 4. The van der Waals surface area contributed by atoms with E-state index in [4.69, 9.17) is 4.74 Å². The topological polar surface area (TPSA) is 29.5 Å². The van der Waals surface area contributed by atoms with Gasteiger partial charge in [0.05, 0.1) is 19.8 Å². The van der Waals surface area contributed by atoms with Gasteiger partial charge in [0.15, 0.2) is 0 Å². The van der Waals surface area contributed by atoms with Gasteiger partial charge in [0.25, 0.3) is 0 Å². The average molecular weight is 429 g/mol. The number of hydrogen-bond donors (Lipinski definition) is 1. The van der Waals surface area contributed by atoms with Gasteiger partial charge < -0.3 is 9.84 Å². The molecule has 0 spiro atoms. The van der Waals surface area contributed by atoms with E-state index in [1.54, 1.807) is 0 Å². The van der Waals surface area contributed by atoms with Crippen LogP contribution in [0.3, 0.4) is 0 Å². The van der Waals surface area contributed by atoms with E-state index >= 15 is 0 Å². The van der Waals surface area contributed by atoms with Crippen molar-refractivity contribution in [1.29, 1.82) is 0 Å². The number of aliphatic hydroxyl groups excluding tert-OH is 1. The first-order valence-corrected chi connectivity index (χ1v) is 11.3. The molecular formula is C31H24O2. The summed E-state index contributed by atoms with van der Waals surface area (Å²) in [5, 5.41) is 19.5. The SMILES string of the molecule is OCc1c2ccccc2c(COCc2c3ccccc3cc3ccccc23)c2ccccc12. The first kappa shape index (κ1) is 19.9. The molecule has 0 aliphatic rings. The quantitative estimate of drug-likeness (QED) is 0.288. The van der Waals surface area contributed by atoms with Gasteiger partial charge in [-0.05, 0) is 65.8 Å². The molecule has 0 saturated heterocycles. The number of hydrogen-bond acceptors (Lipinski definition) is 2. The fraction of sp³-hybridized carbons (Fsp3) is 0.0968. The monoisotopic (exact) mass is 428 g/mol. The third-order valence-corrected chi connectivity index (χ3v) is 6.69. The summed E-state index contributed by atoms with van der Waals surface area (Å²) in [6, 6.07) is 35.9. The molecule has 6 aromatic carbocycles. The number of benzene rings is 6. The van der Waals surface area contributed by atoms with Crippen LogP contribution in [0.4, 0.5) is 0 Å². The summed E-state index contributed by atoms with van der Waals surface area (Å²) in [5.41, 5.74) is 3.37. The minimum Gasteiger partial charge on any atom is -0.392 e. The molecule has 0 fully saturated rings. The Labute approximate surface area is 192 Å². The minimum absolute atomic E-state index is 0.0180. The Bertz CT molecular complexity index is 1520. The second-order valence-electron chi connectivity index (χ2n) is 8.50. The molecule has 0 atom stereocenters. The van der Waals surface area contributed by atoms with Crippen molar-refractivity contribution in [2.75, 3.05) is 0 Å². The van der Waals surface area contributed by atoms with Gasteiger partial charge in [-0.1, -0.05) is 97.1 Å². The van der Waals surface area contributed by atoms with Crippen LogP contribution in [0.1, 0.15) is 16.7 Å². The lowest BCUT2D eigenvalue weighted by Gasteiger charge is -2.17. The largest absolute Gasteiger partial charge is 0.392 e. The normalized spacial score (nSPS) is 11.7.